The van der Waals surface area contributed by atoms with Gasteiger partial charge in [0.05, 0.1) is 23.2 Å². The normalized spacial score (nSPS) is 11.4. The van der Waals surface area contributed by atoms with Gasteiger partial charge >= 0.3 is 12.1 Å². The number of amides is 1. The molecule has 0 aliphatic rings. The Balaban J connectivity index is 2.25. The number of esters is 1. The highest BCUT2D eigenvalue weighted by molar-refractivity contribution is 6.02. The molecule has 0 fully saturated rings. The molecule has 2 N–H and O–H groups in total. The van der Waals surface area contributed by atoms with Gasteiger partial charge in [-0.3, -0.25) is 0 Å². The molecule has 0 bridgehead atoms. The summed E-state index contributed by atoms with van der Waals surface area (Å²) in [6, 6.07) is 3.43. The molecule has 0 aliphatic heterocycles. The number of imidazole rings is 1. The first-order valence-electron chi connectivity index (χ1n) is 7.83. The zero-order chi connectivity index (χ0) is 17.9. The fourth-order valence-electron chi connectivity index (χ4n) is 2.27. The fraction of sp³-hybridized carbons (Fsp3) is 0.471. The summed E-state index contributed by atoms with van der Waals surface area (Å²) in [7, 11) is 0. The molecule has 130 valence electrons. The van der Waals surface area contributed by atoms with E-state index < -0.39 is 17.7 Å². The summed E-state index contributed by atoms with van der Waals surface area (Å²) in [5.74, 6) is 0.276. The number of aromatic nitrogens is 2. The highest BCUT2D eigenvalue weighted by Gasteiger charge is 2.19. The SMILES string of the molecule is CCOC(=O)c1ccc(CNC(=O)OC(C)(C)C)c2nc(C)[nH]c12. The van der Waals surface area contributed by atoms with Crippen LogP contribution in [0, 0.1) is 6.92 Å². The van der Waals surface area contributed by atoms with E-state index in [2.05, 4.69) is 15.3 Å². The molecule has 24 heavy (non-hydrogen) atoms. The first kappa shape index (κ1) is 17.8. The van der Waals surface area contributed by atoms with Crippen LogP contribution in [0.1, 0.15) is 49.4 Å². The van der Waals surface area contributed by atoms with Crippen molar-refractivity contribution in [1.29, 1.82) is 0 Å². The van der Waals surface area contributed by atoms with E-state index in [9.17, 15) is 9.59 Å². The van der Waals surface area contributed by atoms with Gasteiger partial charge in [0.2, 0.25) is 0 Å². The van der Waals surface area contributed by atoms with Crippen LogP contribution in [0.25, 0.3) is 11.0 Å². The van der Waals surface area contributed by atoms with Gasteiger partial charge in [0.15, 0.2) is 0 Å². The summed E-state index contributed by atoms with van der Waals surface area (Å²) in [5.41, 5.74) is 1.89. The van der Waals surface area contributed by atoms with Gasteiger partial charge < -0.3 is 19.8 Å². The smallest absolute Gasteiger partial charge is 0.407 e. The average Bonchev–Trinajstić information content (AvgIpc) is 2.84. The molecular weight excluding hydrogens is 310 g/mol. The van der Waals surface area contributed by atoms with Gasteiger partial charge in [-0.15, -0.1) is 0 Å². The lowest BCUT2D eigenvalue weighted by atomic mass is 10.1. The summed E-state index contributed by atoms with van der Waals surface area (Å²) in [6.07, 6.45) is -0.502. The third-order valence-electron chi connectivity index (χ3n) is 3.16. The first-order valence-corrected chi connectivity index (χ1v) is 7.83. The lowest BCUT2D eigenvalue weighted by molar-refractivity contribution is 0.0514. The number of alkyl carbamates (subject to hydrolysis) is 1. The van der Waals surface area contributed by atoms with Crippen LogP contribution in [-0.2, 0) is 16.0 Å². The predicted molar refractivity (Wildman–Crippen MR) is 89.9 cm³/mol. The number of H-pyrrole nitrogens is 1. The number of carbonyl (C=O) groups is 2. The molecule has 0 saturated heterocycles. The minimum Gasteiger partial charge on any atom is -0.462 e. The van der Waals surface area contributed by atoms with Crippen LogP contribution in [0.3, 0.4) is 0 Å². The van der Waals surface area contributed by atoms with Gasteiger partial charge in [0.1, 0.15) is 11.4 Å². The van der Waals surface area contributed by atoms with E-state index in [1.165, 1.54) is 0 Å². The number of rotatable bonds is 4. The molecule has 0 atom stereocenters. The van der Waals surface area contributed by atoms with Gasteiger partial charge in [-0.1, -0.05) is 6.07 Å². The molecule has 1 aromatic heterocycles. The van der Waals surface area contributed by atoms with Crippen molar-refractivity contribution in [2.24, 2.45) is 0 Å². The Morgan fingerprint density at radius 3 is 2.62 bits per heavy atom. The Morgan fingerprint density at radius 2 is 2.00 bits per heavy atom. The number of fused-ring (bicyclic) bond motifs is 1. The summed E-state index contributed by atoms with van der Waals surface area (Å²) in [4.78, 5) is 31.3. The van der Waals surface area contributed by atoms with Crippen molar-refractivity contribution in [3.63, 3.8) is 0 Å². The molecular formula is C17H23N3O4. The van der Waals surface area contributed by atoms with Crippen molar-refractivity contribution >= 4 is 23.1 Å². The molecule has 1 aromatic carbocycles. The van der Waals surface area contributed by atoms with Crippen LogP contribution in [0.4, 0.5) is 4.79 Å². The van der Waals surface area contributed by atoms with Crippen LogP contribution in [-0.4, -0.2) is 34.2 Å². The monoisotopic (exact) mass is 333 g/mol. The van der Waals surface area contributed by atoms with E-state index in [1.807, 2.05) is 0 Å². The van der Waals surface area contributed by atoms with Crippen molar-refractivity contribution in [2.45, 2.75) is 46.8 Å². The number of hydrogen-bond acceptors (Lipinski definition) is 5. The Kier molecular flexibility index (Phi) is 5.11. The van der Waals surface area contributed by atoms with E-state index in [0.29, 0.717) is 29.0 Å². The maximum Gasteiger partial charge on any atom is 0.407 e. The minimum absolute atomic E-state index is 0.249. The second kappa shape index (κ2) is 6.90. The lowest BCUT2D eigenvalue weighted by Crippen LogP contribution is -2.32. The van der Waals surface area contributed by atoms with Crippen LogP contribution >= 0.6 is 0 Å². The minimum atomic E-state index is -0.559. The third-order valence-corrected chi connectivity index (χ3v) is 3.16. The van der Waals surface area contributed by atoms with Gasteiger partial charge in [0, 0.05) is 6.54 Å². The third kappa shape index (κ3) is 4.24. The molecule has 2 aromatic rings. The Morgan fingerprint density at radius 1 is 1.29 bits per heavy atom. The van der Waals surface area contributed by atoms with Crippen LogP contribution < -0.4 is 5.32 Å². The Hall–Kier alpha value is -2.57. The number of aryl methyl sites for hydroxylation is 1. The summed E-state index contributed by atoms with van der Waals surface area (Å²) in [6.45, 7) is 9.52. The van der Waals surface area contributed by atoms with E-state index in [1.54, 1.807) is 46.8 Å². The highest BCUT2D eigenvalue weighted by Crippen LogP contribution is 2.22. The molecule has 1 amide bonds. The lowest BCUT2D eigenvalue weighted by Gasteiger charge is -2.19. The highest BCUT2D eigenvalue weighted by atomic mass is 16.6. The van der Waals surface area contributed by atoms with Gasteiger partial charge in [-0.05, 0) is 46.2 Å². The fourth-order valence-corrected chi connectivity index (χ4v) is 2.27. The first-order chi connectivity index (χ1) is 11.2. The van der Waals surface area contributed by atoms with Gasteiger partial charge in [-0.25, -0.2) is 14.6 Å². The number of nitrogens with zero attached hydrogens (tertiary/aromatic N) is 1. The van der Waals surface area contributed by atoms with E-state index in [-0.39, 0.29) is 6.54 Å². The average molecular weight is 333 g/mol. The van der Waals surface area contributed by atoms with Crippen molar-refractivity contribution in [2.75, 3.05) is 6.61 Å². The van der Waals surface area contributed by atoms with Crippen molar-refractivity contribution in [3.8, 4) is 0 Å². The number of nitrogens with one attached hydrogen (secondary N) is 2. The van der Waals surface area contributed by atoms with Crippen molar-refractivity contribution in [3.05, 3.63) is 29.1 Å². The zero-order valence-electron chi connectivity index (χ0n) is 14.6. The number of ether oxygens (including phenoxy) is 2. The number of benzene rings is 1. The molecule has 7 heteroatoms. The number of aromatic amines is 1. The summed E-state index contributed by atoms with van der Waals surface area (Å²) in [5, 5.41) is 2.70. The molecule has 0 radical (unpaired) electrons. The molecule has 0 spiro atoms. The van der Waals surface area contributed by atoms with Crippen LogP contribution in [0.2, 0.25) is 0 Å². The molecule has 0 saturated carbocycles. The van der Waals surface area contributed by atoms with Crippen molar-refractivity contribution in [1.82, 2.24) is 15.3 Å². The van der Waals surface area contributed by atoms with Crippen molar-refractivity contribution < 1.29 is 19.1 Å². The molecule has 1 heterocycles. The second-order valence-electron chi connectivity index (χ2n) is 6.39. The van der Waals surface area contributed by atoms with Gasteiger partial charge in [-0.2, -0.15) is 0 Å². The van der Waals surface area contributed by atoms with Crippen LogP contribution in [0.5, 0.6) is 0 Å². The number of hydrogen-bond donors (Lipinski definition) is 2. The molecule has 7 nitrogen and oxygen atoms in total. The summed E-state index contributed by atoms with van der Waals surface area (Å²) < 4.78 is 10.3. The predicted octanol–water partition coefficient (Wildman–Crippen LogP) is 3.07. The molecule has 2 rings (SSSR count). The van der Waals surface area contributed by atoms with E-state index >= 15 is 0 Å². The molecule has 0 aliphatic carbocycles. The van der Waals surface area contributed by atoms with Gasteiger partial charge in [0.25, 0.3) is 0 Å². The maximum atomic E-state index is 12.0. The molecule has 0 unspecified atom stereocenters. The number of carbonyl (C=O) groups excluding carboxylic acids is 2. The van der Waals surface area contributed by atoms with E-state index in [0.717, 1.165) is 5.56 Å². The quantitative estimate of drug-likeness (QED) is 0.839. The maximum absolute atomic E-state index is 12.0. The topological polar surface area (TPSA) is 93.3 Å². The second-order valence-corrected chi connectivity index (χ2v) is 6.39. The largest absolute Gasteiger partial charge is 0.462 e. The Bertz CT molecular complexity index is 759. The standard InChI is InChI=1S/C17H23N3O4/c1-6-23-15(21)12-8-7-11(13-14(12)20-10(2)19-13)9-18-16(22)24-17(3,4)5/h7-8H,6,9H2,1-5H3,(H,18,22)(H,19,20). The zero-order valence-corrected chi connectivity index (χ0v) is 14.6. The summed E-state index contributed by atoms with van der Waals surface area (Å²) >= 11 is 0. The van der Waals surface area contributed by atoms with E-state index in [4.69, 9.17) is 9.47 Å². The van der Waals surface area contributed by atoms with Crippen LogP contribution in [0.15, 0.2) is 12.1 Å². The Labute approximate surface area is 140 Å².